The molecule has 0 spiro atoms. The van der Waals surface area contributed by atoms with Gasteiger partial charge in [0, 0.05) is 23.3 Å². The van der Waals surface area contributed by atoms with Gasteiger partial charge in [0.1, 0.15) is 0 Å². The third-order valence-electron chi connectivity index (χ3n) is 3.25. The summed E-state index contributed by atoms with van der Waals surface area (Å²) in [5, 5.41) is 10.7. The summed E-state index contributed by atoms with van der Waals surface area (Å²) in [5.74, 6) is -0.447. The number of carbonyl (C=O) groups is 2. The molecule has 2 amide bonds. The topological polar surface area (TPSA) is 120 Å². The molecule has 0 heterocycles. The second-order valence-corrected chi connectivity index (χ2v) is 4.79. The van der Waals surface area contributed by atoms with Crippen LogP contribution in [0.5, 0.6) is 11.5 Å². The number of nitro benzene ring substituents is 1. The van der Waals surface area contributed by atoms with Gasteiger partial charge in [-0.05, 0) is 24.3 Å². The summed E-state index contributed by atoms with van der Waals surface area (Å²) in [6.07, 6.45) is 0. The summed E-state index contributed by atoms with van der Waals surface area (Å²) in [5.41, 5.74) is 4.48. The lowest BCUT2D eigenvalue weighted by atomic mass is 10.2. The van der Waals surface area contributed by atoms with Crippen molar-refractivity contribution in [3.05, 3.63) is 63.7 Å². The predicted octanol–water partition coefficient (Wildman–Crippen LogP) is 1.69. The Bertz CT molecular complexity index is 821. The van der Waals surface area contributed by atoms with Crippen molar-refractivity contribution in [1.82, 2.24) is 10.9 Å². The van der Waals surface area contributed by atoms with Crippen LogP contribution in [0.15, 0.2) is 42.5 Å². The molecule has 0 aliphatic rings. The van der Waals surface area contributed by atoms with Crippen molar-refractivity contribution < 1.29 is 24.0 Å². The number of benzene rings is 2. The molecule has 0 unspecified atom stereocenters. The molecule has 0 atom stereocenters. The summed E-state index contributed by atoms with van der Waals surface area (Å²) >= 11 is 0. The Kier molecular flexibility index (Phi) is 5.51. The number of methoxy groups -OCH3 is 2. The Morgan fingerprint density at radius 3 is 2.08 bits per heavy atom. The number of nitrogens with one attached hydrogen (secondary N) is 2. The van der Waals surface area contributed by atoms with Gasteiger partial charge in [-0.3, -0.25) is 30.6 Å². The molecular formula is C16H15N3O6. The fourth-order valence-electron chi connectivity index (χ4n) is 2.00. The molecule has 2 aromatic rings. The van der Waals surface area contributed by atoms with Gasteiger partial charge in [0.15, 0.2) is 11.5 Å². The normalized spacial score (nSPS) is 9.84. The molecule has 0 aliphatic carbocycles. The Labute approximate surface area is 142 Å². The number of rotatable bonds is 5. The lowest BCUT2D eigenvalue weighted by molar-refractivity contribution is -0.384. The van der Waals surface area contributed by atoms with Crippen molar-refractivity contribution in [2.45, 2.75) is 0 Å². The van der Waals surface area contributed by atoms with Crippen LogP contribution in [0.1, 0.15) is 20.7 Å². The van der Waals surface area contributed by atoms with E-state index in [1.54, 1.807) is 6.07 Å². The summed E-state index contributed by atoms with van der Waals surface area (Å²) < 4.78 is 10.2. The average Bonchev–Trinajstić information content (AvgIpc) is 2.65. The minimum atomic E-state index is -0.683. The quantitative estimate of drug-likeness (QED) is 0.628. The van der Waals surface area contributed by atoms with Crippen LogP contribution in [0.25, 0.3) is 0 Å². The number of hydrogen-bond donors (Lipinski definition) is 2. The second kappa shape index (κ2) is 7.77. The highest BCUT2D eigenvalue weighted by Gasteiger charge is 2.14. The molecule has 9 heteroatoms. The first-order valence-electron chi connectivity index (χ1n) is 7.03. The Hall–Kier alpha value is -3.62. The molecule has 0 radical (unpaired) electrons. The average molecular weight is 345 g/mol. The number of hydrogen-bond acceptors (Lipinski definition) is 6. The highest BCUT2D eigenvalue weighted by Crippen LogP contribution is 2.27. The summed E-state index contributed by atoms with van der Waals surface area (Å²) in [6, 6.07) is 9.64. The lowest BCUT2D eigenvalue weighted by Crippen LogP contribution is -2.41. The van der Waals surface area contributed by atoms with Crippen LogP contribution < -0.4 is 20.3 Å². The number of carbonyl (C=O) groups excluding carboxylic acids is 2. The zero-order valence-electron chi connectivity index (χ0n) is 13.4. The maximum absolute atomic E-state index is 12.1. The zero-order valence-corrected chi connectivity index (χ0v) is 13.4. The van der Waals surface area contributed by atoms with Gasteiger partial charge in [0.05, 0.1) is 19.1 Å². The van der Waals surface area contributed by atoms with Crippen molar-refractivity contribution in [1.29, 1.82) is 0 Å². The van der Waals surface area contributed by atoms with E-state index in [0.29, 0.717) is 11.5 Å². The number of non-ortho nitro benzene ring substituents is 1. The van der Waals surface area contributed by atoms with E-state index >= 15 is 0 Å². The number of ether oxygens (including phenoxy) is 2. The summed E-state index contributed by atoms with van der Waals surface area (Å²) in [4.78, 5) is 34.2. The molecule has 0 aliphatic heterocycles. The van der Waals surface area contributed by atoms with Gasteiger partial charge >= 0.3 is 0 Å². The fourth-order valence-corrected chi connectivity index (χ4v) is 2.00. The van der Waals surface area contributed by atoms with Crippen molar-refractivity contribution in [3.63, 3.8) is 0 Å². The van der Waals surface area contributed by atoms with Crippen LogP contribution in [0.4, 0.5) is 5.69 Å². The van der Waals surface area contributed by atoms with E-state index in [9.17, 15) is 19.7 Å². The van der Waals surface area contributed by atoms with Crippen LogP contribution in [-0.4, -0.2) is 31.0 Å². The molecule has 0 saturated carbocycles. The summed E-state index contributed by atoms with van der Waals surface area (Å²) in [6.45, 7) is 0. The van der Waals surface area contributed by atoms with Gasteiger partial charge in [0.2, 0.25) is 0 Å². The van der Waals surface area contributed by atoms with Crippen LogP contribution >= 0.6 is 0 Å². The van der Waals surface area contributed by atoms with E-state index in [4.69, 9.17) is 9.47 Å². The van der Waals surface area contributed by atoms with Gasteiger partial charge in [-0.1, -0.05) is 6.07 Å². The van der Waals surface area contributed by atoms with Gasteiger partial charge in [-0.25, -0.2) is 0 Å². The van der Waals surface area contributed by atoms with Gasteiger partial charge < -0.3 is 9.47 Å². The molecular weight excluding hydrogens is 330 g/mol. The standard InChI is InChI=1S/C16H15N3O6/c1-24-13-7-6-11(9-14(13)25-2)16(21)18-17-15(20)10-4-3-5-12(8-10)19(22)23/h3-9H,1-2H3,(H,17,20)(H,18,21). The minimum Gasteiger partial charge on any atom is -0.493 e. The van der Waals surface area contributed by atoms with Crippen LogP contribution in [-0.2, 0) is 0 Å². The molecule has 0 aromatic heterocycles. The molecule has 2 rings (SSSR count). The van der Waals surface area contributed by atoms with Crippen molar-refractivity contribution >= 4 is 17.5 Å². The van der Waals surface area contributed by atoms with Crippen molar-refractivity contribution in [2.24, 2.45) is 0 Å². The van der Waals surface area contributed by atoms with Crippen LogP contribution in [0, 0.1) is 10.1 Å². The molecule has 25 heavy (non-hydrogen) atoms. The number of amides is 2. The highest BCUT2D eigenvalue weighted by molar-refractivity contribution is 5.99. The van der Waals surface area contributed by atoms with E-state index in [-0.39, 0.29) is 16.8 Å². The first kappa shape index (κ1) is 17.7. The number of nitro groups is 1. The first-order valence-corrected chi connectivity index (χ1v) is 7.03. The van der Waals surface area contributed by atoms with Gasteiger partial charge in [-0.2, -0.15) is 0 Å². The monoisotopic (exact) mass is 345 g/mol. The Morgan fingerprint density at radius 1 is 0.920 bits per heavy atom. The van der Waals surface area contributed by atoms with E-state index in [2.05, 4.69) is 10.9 Å². The van der Waals surface area contributed by atoms with E-state index < -0.39 is 16.7 Å². The Balaban J connectivity index is 2.05. The minimum absolute atomic E-state index is 0.0433. The molecule has 0 bridgehead atoms. The SMILES string of the molecule is COc1ccc(C(=O)NNC(=O)c2cccc([N+](=O)[O-])c2)cc1OC. The van der Waals surface area contributed by atoms with Gasteiger partial charge in [0.25, 0.3) is 17.5 Å². The predicted molar refractivity (Wildman–Crippen MR) is 87.6 cm³/mol. The zero-order chi connectivity index (χ0) is 18.4. The third kappa shape index (κ3) is 4.22. The largest absolute Gasteiger partial charge is 0.493 e. The van der Waals surface area contributed by atoms with E-state index in [1.165, 1.54) is 44.6 Å². The van der Waals surface area contributed by atoms with E-state index in [1.807, 2.05) is 0 Å². The van der Waals surface area contributed by atoms with Gasteiger partial charge in [-0.15, -0.1) is 0 Å². The first-order chi connectivity index (χ1) is 12.0. The molecule has 0 fully saturated rings. The third-order valence-corrected chi connectivity index (χ3v) is 3.25. The van der Waals surface area contributed by atoms with Crippen LogP contribution in [0.2, 0.25) is 0 Å². The molecule has 0 saturated heterocycles. The van der Waals surface area contributed by atoms with Crippen molar-refractivity contribution in [3.8, 4) is 11.5 Å². The Morgan fingerprint density at radius 2 is 1.52 bits per heavy atom. The number of nitrogens with zero attached hydrogens (tertiary/aromatic N) is 1. The summed E-state index contributed by atoms with van der Waals surface area (Å²) in [7, 11) is 2.90. The second-order valence-electron chi connectivity index (χ2n) is 4.79. The van der Waals surface area contributed by atoms with E-state index in [0.717, 1.165) is 6.07 Å². The highest BCUT2D eigenvalue weighted by atomic mass is 16.6. The van der Waals surface area contributed by atoms with Crippen molar-refractivity contribution in [2.75, 3.05) is 14.2 Å². The lowest BCUT2D eigenvalue weighted by Gasteiger charge is -2.10. The molecule has 9 nitrogen and oxygen atoms in total. The molecule has 2 aromatic carbocycles. The smallest absolute Gasteiger partial charge is 0.270 e. The molecule has 130 valence electrons. The fraction of sp³-hybridized carbons (Fsp3) is 0.125. The molecule has 2 N–H and O–H groups in total. The maximum atomic E-state index is 12.1. The maximum Gasteiger partial charge on any atom is 0.270 e. The van der Waals surface area contributed by atoms with Crippen LogP contribution in [0.3, 0.4) is 0 Å². The number of hydrazine groups is 1.